The van der Waals surface area contributed by atoms with Crippen LogP contribution in [0.3, 0.4) is 0 Å². The number of aromatic nitrogens is 3. The molecule has 0 fully saturated rings. The smallest absolute Gasteiger partial charge is 0.191 e. The van der Waals surface area contributed by atoms with Gasteiger partial charge in [0.2, 0.25) is 0 Å². The average molecular weight is 358 g/mol. The molecule has 0 aliphatic carbocycles. The molecule has 0 amide bonds. The van der Waals surface area contributed by atoms with Crippen molar-refractivity contribution in [2.24, 2.45) is 12.0 Å². The molecule has 0 radical (unpaired) electrons. The van der Waals surface area contributed by atoms with E-state index >= 15 is 0 Å². The fourth-order valence-corrected chi connectivity index (χ4v) is 2.42. The number of hydrogen-bond donors (Lipinski definition) is 2. The first-order valence-electron chi connectivity index (χ1n) is 9.23. The molecule has 26 heavy (non-hydrogen) atoms. The molecule has 1 aromatic carbocycles. The summed E-state index contributed by atoms with van der Waals surface area (Å²) in [4.78, 5) is 4.72. The van der Waals surface area contributed by atoms with Crippen molar-refractivity contribution in [3.63, 3.8) is 0 Å². The summed E-state index contributed by atoms with van der Waals surface area (Å²) in [6.45, 7) is 8.75. The molecule has 2 N–H and O–H groups in total. The molecule has 2 rings (SSSR count). The Labute approximate surface area is 155 Å². The van der Waals surface area contributed by atoms with Crippen molar-refractivity contribution in [2.75, 3.05) is 13.2 Å². The van der Waals surface area contributed by atoms with Crippen LogP contribution in [0.15, 0.2) is 29.3 Å². The molecule has 0 atom stereocenters. The van der Waals surface area contributed by atoms with Gasteiger partial charge in [0.15, 0.2) is 11.8 Å². The van der Waals surface area contributed by atoms with Crippen LogP contribution in [0.25, 0.3) is 0 Å². The van der Waals surface area contributed by atoms with Crippen LogP contribution in [0.1, 0.15) is 43.9 Å². The first-order chi connectivity index (χ1) is 12.7. The maximum atomic E-state index is 5.68. The Morgan fingerprint density at radius 3 is 2.69 bits per heavy atom. The topological polar surface area (TPSA) is 76.4 Å². The highest BCUT2D eigenvalue weighted by Crippen LogP contribution is 2.18. The quantitative estimate of drug-likeness (QED) is 0.409. The molecule has 1 aromatic heterocycles. The van der Waals surface area contributed by atoms with Gasteiger partial charge in [-0.15, -0.1) is 10.2 Å². The van der Waals surface area contributed by atoms with E-state index in [2.05, 4.69) is 27.8 Å². The molecule has 0 saturated carbocycles. The van der Waals surface area contributed by atoms with Gasteiger partial charge in [-0.05, 0) is 26.3 Å². The standard InChI is InChI=1S/C19H30N6O/c1-5-7-12-20-19(22-14-18-24-23-15(3)25(18)4)21-13-16-10-8-9-11-17(16)26-6-2/h8-11H,5-7,12-14H2,1-4H3,(H2,20,21,22). The Kier molecular flexibility index (Phi) is 7.92. The maximum Gasteiger partial charge on any atom is 0.191 e. The lowest BCUT2D eigenvalue weighted by atomic mass is 10.2. The minimum absolute atomic E-state index is 0.551. The van der Waals surface area contributed by atoms with Crippen molar-refractivity contribution in [3.8, 4) is 5.75 Å². The van der Waals surface area contributed by atoms with Crippen molar-refractivity contribution >= 4 is 5.96 Å². The number of nitrogens with zero attached hydrogens (tertiary/aromatic N) is 4. The lowest BCUT2D eigenvalue weighted by Crippen LogP contribution is -2.38. The zero-order valence-corrected chi connectivity index (χ0v) is 16.2. The predicted octanol–water partition coefficient (Wildman–Crippen LogP) is 2.56. The predicted molar refractivity (Wildman–Crippen MR) is 104 cm³/mol. The third-order valence-corrected chi connectivity index (χ3v) is 4.10. The van der Waals surface area contributed by atoms with Crippen molar-refractivity contribution in [1.29, 1.82) is 0 Å². The second-order valence-electron chi connectivity index (χ2n) is 6.06. The van der Waals surface area contributed by atoms with Crippen LogP contribution in [0.5, 0.6) is 5.75 Å². The Morgan fingerprint density at radius 1 is 1.19 bits per heavy atom. The van der Waals surface area contributed by atoms with Gasteiger partial charge >= 0.3 is 0 Å². The van der Waals surface area contributed by atoms with Crippen LogP contribution in [0.2, 0.25) is 0 Å². The van der Waals surface area contributed by atoms with E-state index in [0.717, 1.165) is 48.3 Å². The van der Waals surface area contributed by atoms with E-state index < -0.39 is 0 Å². The number of ether oxygens (including phenoxy) is 1. The summed E-state index contributed by atoms with van der Waals surface area (Å²) in [6, 6.07) is 8.01. The summed E-state index contributed by atoms with van der Waals surface area (Å²) < 4.78 is 7.66. The van der Waals surface area contributed by atoms with Gasteiger partial charge in [-0.3, -0.25) is 0 Å². The third-order valence-electron chi connectivity index (χ3n) is 4.10. The summed E-state index contributed by atoms with van der Waals surface area (Å²) >= 11 is 0. The second-order valence-corrected chi connectivity index (χ2v) is 6.06. The van der Waals surface area contributed by atoms with Crippen LogP contribution in [-0.2, 0) is 20.1 Å². The number of nitrogens with one attached hydrogen (secondary N) is 2. The Hall–Kier alpha value is -2.57. The Morgan fingerprint density at radius 2 is 2.00 bits per heavy atom. The van der Waals surface area contributed by atoms with Crippen LogP contribution >= 0.6 is 0 Å². The highest BCUT2D eigenvalue weighted by Gasteiger charge is 2.07. The van der Waals surface area contributed by atoms with E-state index in [0.29, 0.717) is 19.7 Å². The highest BCUT2D eigenvalue weighted by molar-refractivity contribution is 5.79. The molecular weight excluding hydrogens is 328 g/mol. The fourth-order valence-electron chi connectivity index (χ4n) is 2.42. The molecule has 0 spiro atoms. The van der Waals surface area contributed by atoms with Gasteiger partial charge in [0.05, 0.1) is 19.7 Å². The summed E-state index contributed by atoms with van der Waals surface area (Å²) in [5.74, 6) is 3.42. The lowest BCUT2D eigenvalue weighted by Gasteiger charge is -2.13. The summed E-state index contributed by atoms with van der Waals surface area (Å²) in [6.07, 6.45) is 2.23. The SMILES string of the molecule is CCCCNC(=NCc1ccccc1OCC)NCc1nnc(C)n1C. The molecule has 0 aliphatic rings. The minimum atomic E-state index is 0.551. The van der Waals surface area contributed by atoms with E-state index in [-0.39, 0.29) is 0 Å². The van der Waals surface area contributed by atoms with E-state index in [9.17, 15) is 0 Å². The second kappa shape index (κ2) is 10.4. The lowest BCUT2D eigenvalue weighted by molar-refractivity contribution is 0.336. The first-order valence-corrected chi connectivity index (χ1v) is 9.23. The molecule has 142 valence electrons. The van der Waals surface area contributed by atoms with Crippen molar-refractivity contribution < 1.29 is 4.74 Å². The van der Waals surface area contributed by atoms with Crippen LogP contribution in [0.4, 0.5) is 0 Å². The van der Waals surface area contributed by atoms with E-state index in [1.807, 2.05) is 49.7 Å². The molecule has 0 saturated heterocycles. The van der Waals surface area contributed by atoms with Gasteiger partial charge in [-0.2, -0.15) is 0 Å². The molecular formula is C19H30N6O. The van der Waals surface area contributed by atoms with Crippen LogP contribution in [0, 0.1) is 6.92 Å². The van der Waals surface area contributed by atoms with Gasteiger partial charge in [0.25, 0.3) is 0 Å². The van der Waals surface area contributed by atoms with Gasteiger partial charge in [-0.25, -0.2) is 4.99 Å². The molecule has 7 heteroatoms. The van der Waals surface area contributed by atoms with Gasteiger partial charge in [0, 0.05) is 19.2 Å². The van der Waals surface area contributed by atoms with Gasteiger partial charge < -0.3 is 19.9 Å². The fraction of sp³-hybridized carbons (Fsp3) is 0.526. The van der Waals surface area contributed by atoms with Gasteiger partial charge in [-0.1, -0.05) is 31.5 Å². The number of aryl methyl sites for hydroxylation is 1. The minimum Gasteiger partial charge on any atom is -0.494 e. The van der Waals surface area contributed by atoms with Gasteiger partial charge in [0.1, 0.15) is 11.6 Å². The van der Waals surface area contributed by atoms with Crippen LogP contribution < -0.4 is 15.4 Å². The number of guanidine groups is 1. The molecule has 0 aliphatic heterocycles. The average Bonchev–Trinajstić information content (AvgIpc) is 2.97. The third kappa shape index (κ3) is 5.75. The zero-order valence-electron chi connectivity index (χ0n) is 16.2. The highest BCUT2D eigenvalue weighted by atomic mass is 16.5. The molecule has 1 heterocycles. The summed E-state index contributed by atoms with van der Waals surface area (Å²) in [5.41, 5.74) is 1.07. The number of para-hydroxylation sites is 1. The number of aliphatic imine (C=N–C) groups is 1. The normalized spacial score (nSPS) is 11.5. The zero-order chi connectivity index (χ0) is 18.8. The monoisotopic (exact) mass is 358 g/mol. The number of rotatable bonds is 9. The molecule has 0 unspecified atom stereocenters. The maximum absolute atomic E-state index is 5.68. The first kappa shape index (κ1) is 19.8. The van der Waals surface area contributed by atoms with E-state index in [1.165, 1.54) is 0 Å². The van der Waals surface area contributed by atoms with Crippen LogP contribution in [-0.4, -0.2) is 33.9 Å². The van der Waals surface area contributed by atoms with Crippen molar-refractivity contribution in [2.45, 2.75) is 46.7 Å². The number of unbranched alkanes of at least 4 members (excludes halogenated alkanes) is 1. The summed E-state index contributed by atoms with van der Waals surface area (Å²) in [5, 5.41) is 15.0. The van der Waals surface area contributed by atoms with E-state index in [1.54, 1.807) is 0 Å². The Bertz CT molecular complexity index is 710. The summed E-state index contributed by atoms with van der Waals surface area (Å²) in [7, 11) is 1.96. The number of hydrogen-bond acceptors (Lipinski definition) is 4. The molecule has 2 aromatic rings. The van der Waals surface area contributed by atoms with E-state index in [4.69, 9.17) is 9.73 Å². The van der Waals surface area contributed by atoms with Crippen molar-refractivity contribution in [3.05, 3.63) is 41.5 Å². The number of benzene rings is 1. The van der Waals surface area contributed by atoms with Crippen molar-refractivity contribution in [1.82, 2.24) is 25.4 Å². The Balaban J connectivity index is 2.05. The largest absolute Gasteiger partial charge is 0.494 e. The molecule has 0 bridgehead atoms. The molecule has 7 nitrogen and oxygen atoms in total.